The van der Waals surface area contributed by atoms with Gasteiger partial charge >= 0.3 is 0 Å². The van der Waals surface area contributed by atoms with Gasteiger partial charge in [0.15, 0.2) is 0 Å². The number of hydrogen-bond acceptors (Lipinski definition) is 3. The summed E-state index contributed by atoms with van der Waals surface area (Å²) >= 11 is 0. The van der Waals surface area contributed by atoms with Gasteiger partial charge in [-0.2, -0.15) is 0 Å². The first-order valence-corrected chi connectivity index (χ1v) is 10.0. The van der Waals surface area contributed by atoms with E-state index in [-0.39, 0.29) is 22.5 Å². The average Bonchev–Trinajstić information content (AvgIpc) is 2.62. The van der Waals surface area contributed by atoms with Crippen LogP contribution in [0.4, 0.5) is 4.39 Å². The number of carbonyl (C=O) groups is 1. The summed E-state index contributed by atoms with van der Waals surface area (Å²) in [7, 11) is -3.78. The molecule has 0 saturated carbocycles. The lowest BCUT2D eigenvalue weighted by Crippen LogP contribution is -2.39. The van der Waals surface area contributed by atoms with Crippen LogP contribution in [-0.4, -0.2) is 25.8 Å². The van der Waals surface area contributed by atoms with Crippen LogP contribution in [0.2, 0.25) is 0 Å². The molecule has 1 atom stereocenters. The van der Waals surface area contributed by atoms with Crippen LogP contribution in [-0.2, 0) is 27.8 Å². The van der Waals surface area contributed by atoms with Crippen LogP contribution >= 0.6 is 0 Å². The second-order valence-electron chi connectivity index (χ2n) is 6.50. The standard InChI is InChI=1S/C19H21FN2O3S/c1-2-18(14-3-6-16(20)7-4-14)19(23)22-10-9-13-5-8-17(26(21,24)25)11-15(13)12-22/h3-8,11,18H,2,9-10,12H2,1H3,(H2,21,24,25). The molecule has 0 radical (unpaired) electrons. The molecule has 2 N–H and O–H groups in total. The minimum atomic E-state index is -3.78. The highest BCUT2D eigenvalue weighted by atomic mass is 32.2. The Morgan fingerprint density at radius 1 is 1.19 bits per heavy atom. The monoisotopic (exact) mass is 376 g/mol. The Labute approximate surface area is 152 Å². The predicted molar refractivity (Wildman–Crippen MR) is 96.4 cm³/mol. The molecule has 1 heterocycles. The summed E-state index contributed by atoms with van der Waals surface area (Å²) in [6, 6.07) is 10.8. The molecule has 0 aliphatic carbocycles. The molecule has 5 nitrogen and oxygen atoms in total. The van der Waals surface area contributed by atoms with Crippen molar-refractivity contribution >= 4 is 15.9 Å². The van der Waals surface area contributed by atoms with E-state index in [1.165, 1.54) is 18.2 Å². The average molecular weight is 376 g/mol. The summed E-state index contributed by atoms with van der Waals surface area (Å²) in [5.41, 5.74) is 2.60. The van der Waals surface area contributed by atoms with Gasteiger partial charge in [-0.1, -0.05) is 25.1 Å². The predicted octanol–water partition coefficient (Wildman–Crippen LogP) is 2.55. The van der Waals surface area contributed by atoms with Crippen molar-refractivity contribution in [1.82, 2.24) is 4.90 Å². The molecule has 26 heavy (non-hydrogen) atoms. The third-order valence-corrected chi connectivity index (χ3v) is 5.72. The van der Waals surface area contributed by atoms with Crippen LogP contribution in [0.3, 0.4) is 0 Å². The molecule has 1 unspecified atom stereocenters. The first-order valence-electron chi connectivity index (χ1n) is 8.48. The number of benzene rings is 2. The van der Waals surface area contributed by atoms with Crippen LogP contribution in [0.5, 0.6) is 0 Å². The molecule has 1 amide bonds. The quantitative estimate of drug-likeness (QED) is 0.890. The molecule has 2 aromatic carbocycles. The summed E-state index contributed by atoms with van der Waals surface area (Å²) in [5.74, 6) is -0.720. The first-order chi connectivity index (χ1) is 12.3. The zero-order chi connectivity index (χ0) is 18.9. The fraction of sp³-hybridized carbons (Fsp3) is 0.316. The molecule has 2 aromatic rings. The molecule has 0 aromatic heterocycles. The Morgan fingerprint density at radius 3 is 2.50 bits per heavy atom. The lowest BCUT2D eigenvalue weighted by molar-refractivity contribution is -0.133. The van der Waals surface area contributed by atoms with Gasteiger partial charge in [-0.15, -0.1) is 0 Å². The molecule has 3 rings (SSSR count). The summed E-state index contributed by atoms with van der Waals surface area (Å²) in [4.78, 5) is 14.8. The Bertz CT molecular complexity index is 926. The van der Waals surface area contributed by atoms with Crippen molar-refractivity contribution in [2.45, 2.75) is 37.1 Å². The maximum atomic E-state index is 13.2. The van der Waals surface area contributed by atoms with E-state index in [2.05, 4.69) is 0 Å². The fourth-order valence-electron chi connectivity index (χ4n) is 3.37. The molecular weight excluding hydrogens is 355 g/mol. The second kappa shape index (κ2) is 7.17. The van der Waals surface area contributed by atoms with Crippen molar-refractivity contribution in [1.29, 1.82) is 0 Å². The normalized spacial score (nSPS) is 15.4. The van der Waals surface area contributed by atoms with Gasteiger partial charge in [0.05, 0.1) is 10.8 Å². The van der Waals surface area contributed by atoms with Crippen molar-refractivity contribution in [2.24, 2.45) is 5.14 Å². The third kappa shape index (κ3) is 3.78. The van der Waals surface area contributed by atoms with Crippen molar-refractivity contribution in [3.63, 3.8) is 0 Å². The molecule has 0 spiro atoms. The summed E-state index contributed by atoms with van der Waals surface area (Å²) in [6.07, 6.45) is 1.26. The van der Waals surface area contributed by atoms with E-state index < -0.39 is 10.0 Å². The molecule has 0 saturated heterocycles. The van der Waals surface area contributed by atoms with Gasteiger partial charge in [0, 0.05) is 13.1 Å². The summed E-state index contributed by atoms with van der Waals surface area (Å²) in [5, 5.41) is 5.20. The molecular formula is C19H21FN2O3S. The van der Waals surface area contributed by atoms with E-state index in [1.54, 1.807) is 29.2 Å². The Morgan fingerprint density at radius 2 is 1.88 bits per heavy atom. The minimum Gasteiger partial charge on any atom is -0.337 e. The zero-order valence-corrected chi connectivity index (χ0v) is 15.3. The minimum absolute atomic E-state index is 0.0363. The van der Waals surface area contributed by atoms with E-state index in [0.717, 1.165) is 16.7 Å². The van der Waals surface area contributed by atoms with Crippen LogP contribution in [0.25, 0.3) is 0 Å². The van der Waals surface area contributed by atoms with Crippen molar-refractivity contribution in [2.75, 3.05) is 6.54 Å². The number of primary sulfonamides is 1. The van der Waals surface area contributed by atoms with Crippen LogP contribution in [0.15, 0.2) is 47.4 Å². The number of rotatable bonds is 4. The first kappa shape index (κ1) is 18.5. The van der Waals surface area contributed by atoms with E-state index >= 15 is 0 Å². The Balaban J connectivity index is 1.84. The van der Waals surface area contributed by atoms with Crippen LogP contribution in [0, 0.1) is 5.82 Å². The van der Waals surface area contributed by atoms with Gasteiger partial charge in [-0.25, -0.2) is 17.9 Å². The van der Waals surface area contributed by atoms with Crippen LogP contribution in [0.1, 0.15) is 36.0 Å². The molecule has 1 aliphatic rings. The topological polar surface area (TPSA) is 80.5 Å². The zero-order valence-electron chi connectivity index (χ0n) is 14.5. The highest BCUT2D eigenvalue weighted by Gasteiger charge is 2.28. The fourth-order valence-corrected chi connectivity index (χ4v) is 3.93. The number of nitrogens with two attached hydrogens (primary N) is 1. The number of halogens is 1. The van der Waals surface area contributed by atoms with Gasteiger partial charge in [0.1, 0.15) is 5.82 Å². The number of carbonyl (C=O) groups excluding carboxylic acids is 1. The van der Waals surface area contributed by atoms with E-state index in [4.69, 9.17) is 5.14 Å². The molecule has 138 valence electrons. The van der Waals surface area contributed by atoms with Gasteiger partial charge in [-0.05, 0) is 53.8 Å². The smallest absolute Gasteiger partial charge is 0.238 e. The van der Waals surface area contributed by atoms with Crippen molar-refractivity contribution < 1.29 is 17.6 Å². The van der Waals surface area contributed by atoms with Gasteiger partial charge in [0.2, 0.25) is 15.9 Å². The SMILES string of the molecule is CCC(C(=O)N1CCc2ccc(S(N)(=O)=O)cc2C1)c1ccc(F)cc1. The van der Waals surface area contributed by atoms with E-state index in [0.29, 0.717) is 25.9 Å². The van der Waals surface area contributed by atoms with Gasteiger partial charge in [-0.3, -0.25) is 4.79 Å². The Kier molecular flexibility index (Phi) is 5.11. The maximum Gasteiger partial charge on any atom is 0.238 e. The number of fused-ring (bicyclic) bond motifs is 1. The Hall–Kier alpha value is -2.25. The summed E-state index contributed by atoms with van der Waals surface area (Å²) < 4.78 is 36.3. The second-order valence-corrected chi connectivity index (χ2v) is 8.06. The maximum absolute atomic E-state index is 13.2. The summed E-state index contributed by atoms with van der Waals surface area (Å²) in [6.45, 7) is 2.83. The number of nitrogens with zero attached hydrogens (tertiary/aromatic N) is 1. The molecule has 7 heteroatoms. The van der Waals surface area contributed by atoms with E-state index in [9.17, 15) is 17.6 Å². The lowest BCUT2D eigenvalue weighted by atomic mass is 9.93. The van der Waals surface area contributed by atoms with Crippen molar-refractivity contribution in [3.05, 3.63) is 65.0 Å². The van der Waals surface area contributed by atoms with Crippen LogP contribution < -0.4 is 5.14 Å². The molecule has 0 fully saturated rings. The molecule has 1 aliphatic heterocycles. The van der Waals surface area contributed by atoms with Crippen molar-refractivity contribution in [3.8, 4) is 0 Å². The largest absolute Gasteiger partial charge is 0.337 e. The van der Waals surface area contributed by atoms with Gasteiger partial charge < -0.3 is 4.90 Å². The highest BCUT2D eigenvalue weighted by molar-refractivity contribution is 7.89. The van der Waals surface area contributed by atoms with E-state index in [1.807, 2.05) is 6.92 Å². The number of hydrogen-bond donors (Lipinski definition) is 1. The lowest BCUT2D eigenvalue weighted by Gasteiger charge is -2.32. The highest BCUT2D eigenvalue weighted by Crippen LogP contribution is 2.27. The number of amides is 1. The van der Waals surface area contributed by atoms with Gasteiger partial charge in [0.25, 0.3) is 0 Å². The molecule has 0 bridgehead atoms. The number of sulfonamides is 1. The third-order valence-electron chi connectivity index (χ3n) is 4.81.